The fourth-order valence-corrected chi connectivity index (χ4v) is 1.54. The van der Waals surface area contributed by atoms with Gasteiger partial charge in [0.25, 0.3) is 0 Å². The lowest BCUT2D eigenvalue weighted by Gasteiger charge is -2.30. The third kappa shape index (κ3) is 2.76. The molecule has 0 fully saturated rings. The first kappa shape index (κ1) is 9.43. The highest BCUT2D eigenvalue weighted by molar-refractivity contribution is 4.94. The molecule has 0 saturated heterocycles. The van der Waals surface area contributed by atoms with E-state index >= 15 is 0 Å². The number of rotatable bonds is 3. The Morgan fingerprint density at radius 1 is 1.67 bits per heavy atom. The van der Waals surface area contributed by atoms with Crippen LogP contribution in [0.15, 0.2) is 12.0 Å². The molecule has 0 amide bonds. The molecule has 0 aromatic rings. The summed E-state index contributed by atoms with van der Waals surface area (Å²) in [7, 11) is 0. The first-order valence-corrected chi connectivity index (χ1v) is 4.81. The molecule has 2 nitrogen and oxygen atoms in total. The van der Waals surface area contributed by atoms with Crippen molar-refractivity contribution in [2.45, 2.75) is 39.7 Å². The van der Waals surface area contributed by atoms with E-state index in [-0.39, 0.29) is 0 Å². The molecule has 0 aromatic heterocycles. The summed E-state index contributed by atoms with van der Waals surface area (Å²) >= 11 is 0. The van der Waals surface area contributed by atoms with Crippen LogP contribution in [0.3, 0.4) is 0 Å². The lowest BCUT2D eigenvalue weighted by molar-refractivity contribution is 0.0734. The van der Waals surface area contributed by atoms with E-state index in [0.29, 0.717) is 6.10 Å². The average molecular weight is 169 g/mol. The summed E-state index contributed by atoms with van der Waals surface area (Å²) in [6.45, 7) is 8.57. The molecule has 0 saturated carbocycles. The second kappa shape index (κ2) is 4.39. The van der Waals surface area contributed by atoms with E-state index in [1.54, 1.807) is 0 Å². The maximum atomic E-state index is 5.52. The molecule has 0 spiro atoms. The van der Waals surface area contributed by atoms with Gasteiger partial charge in [0.2, 0.25) is 0 Å². The van der Waals surface area contributed by atoms with Gasteiger partial charge in [0, 0.05) is 12.7 Å². The highest BCUT2D eigenvalue weighted by Crippen LogP contribution is 2.12. The molecule has 0 N–H and O–H groups in total. The molecule has 1 unspecified atom stereocenters. The van der Waals surface area contributed by atoms with Gasteiger partial charge in [0.05, 0.1) is 6.54 Å². The van der Waals surface area contributed by atoms with Gasteiger partial charge in [-0.1, -0.05) is 13.3 Å². The molecule has 0 aliphatic carbocycles. The molecule has 1 aliphatic rings. The summed E-state index contributed by atoms with van der Waals surface area (Å²) < 4.78 is 5.52. The fourth-order valence-electron chi connectivity index (χ4n) is 1.54. The Labute approximate surface area is 75.2 Å². The number of hydrogen-bond donors (Lipinski definition) is 0. The van der Waals surface area contributed by atoms with Crippen LogP contribution in [0.5, 0.6) is 0 Å². The van der Waals surface area contributed by atoms with E-state index in [1.807, 2.05) is 6.92 Å². The fraction of sp³-hybridized carbons (Fsp3) is 0.800. The quantitative estimate of drug-likeness (QED) is 0.643. The Hall–Kier alpha value is -0.660. The van der Waals surface area contributed by atoms with Crippen LogP contribution in [0.25, 0.3) is 0 Å². The SMILES string of the molecule is CCCCN1C=C(C)OC(C)C1. The zero-order chi connectivity index (χ0) is 8.97. The molecule has 70 valence electrons. The predicted molar refractivity (Wildman–Crippen MR) is 50.8 cm³/mol. The van der Waals surface area contributed by atoms with E-state index in [2.05, 4.69) is 24.9 Å². The third-order valence-corrected chi connectivity index (χ3v) is 2.04. The maximum absolute atomic E-state index is 5.52. The molecule has 12 heavy (non-hydrogen) atoms. The standard InChI is InChI=1S/C10H19NO/c1-4-5-6-11-7-9(2)12-10(3)8-11/h7,10H,4-6,8H2,1-3H3. The van der Waals surface area contributed by atoms with Gasteiger partial charge in [-0.05, 0) is 20.3 Å². The molecule has 0 bridgehead atoms. The van der Waals surface area contributed by atoms with E-state index in [4.69, 9.17) is 4.74 Å². The van der Waals surface area contributed by atoms with Crippen molar-refractivity contribution in [2.24, 2.45) is 0 Å². The molecule has 1 atom stereocenters. The van der Waals surface area contributed by atoms with Gasteiger partial charge in [0.15, 0.2) is 0 Å². The van der Waals surface area contributed by atoms with Crippen LogP contribution in [0, 0.1) is 0 Å². The van der Waals surface area contributed by atoms with Gasteiger partial charge in [-0.3, -0.25) is 0 Å². The highest BCUT2D eigenvalue weighted by Gasteiger charge is 2.13. The third-order valence-electron chi connectivity index (χ3n) is 2.04. The van der Waals surface area contributed by atoms with Crippen LogP contribution in [0.4, 0.5) is 0 Å². The number of unbranched alkanes of at least 4 members (excludes halogenated alkanes) is 1. The molecule has 1 rings (SSSR count). The summed E-state index contributed by atoms with van der Waals surface area (Å²) in [6.07, 6.45) is 5.01. The number of hydrogen-bond acceptors (Lipinski definition) is 2. The summed E-state index contributed by atoms with van der Waals surface area (Å²) in [6, 6.07) is 0. The number of ether oxygens (including phenoxy) is 1. The van der Waals surface area contributed by atoms with Crippen LogP contribution in [-0.2, 0) is 4.74 Å². The van der Waals surface area contributed by atoms with Crippen LogP contribution >= 0.6 is 0 Å². The van der Waals surface area contributed by atoms with Crippen molar-refractivity contribution < 1.29 is 4.74 Å². The van der Waals surface area contributed by atoms with Crippen molar-refractivity contribution >= 4 is 0 Å². The lowest BCUT2D eigenvalue weighted by atomic mass is 10.2. The van der Waals surface area contributed by atoms with Crippen molar-refractivity contribution in [1.82, 2.24) is 4.90 Å². The van der Waals surface area contributed by atoms with E-state index in [9.17, 15) is 0 Å². The van der Waals surface area contributed by atoms with Crippen LogP contribution in [0.1, 0.15) is 33.6 Å². The van der Waals surface area contributed by atoms with E-state index < -0.39 is 0 Å². The normalized spacial score (nSPS) is 23.4. The Balaban J connectivity index is 2.38. The summed E-state index contributed by atoms with van der Waals surface area (Å²) in [5, 5.41) is 0. The molecule has 1 aliphatic heterocycles. The lowest BCUT2D eigenvalue weighted by Crippen LogP contribution is -2.33. The first-order valence-electron chi connectivity index (χ1n) is 4.81. The first-order chi connectivity index (χ1) is 5.72. The van der Waals surface area contributed by atoms with Crippen molar-refractivity contribution in [3.05, 3.63) is 12.0 Å². The second-order valence-electron chi connectivity index (χ2n) is 3.52. The molecule has 1 heterocycles. The summed E-state index contributed by atoms with van der Waals surface area (Å²) in [4.78, 5) is 2.35. The van der Waals surface area contributed by atoms with E-state index in [1.165, 1.54) is 19.4 Å². The van der Waals surface area contributed by atoms with Crippen LogP contribution in [-0.4, -0.2) is 24.1 Å². The highest BCUT2D eigenvalue weighted by atomic mass is 16.5. The smallest absolute Gasteiger partial charge is 0.113 e. The van der Waals surface area contributed by atoms with Gasteiger partial charge in [-0.25, -0.2) is 0 Å². The largest absolute Gasteiger partial charge is 0.492 e. The summed E-state index contributed by atoms with van der Waals surface area (Å²) in [5.74, 6) is 1.05. The van der Waals surface area contributed by atoms with Gasteiger partial charge in [-0.2, -0.15) is 0 Å². The molecule has 0 radical (unpaired) electrons. The van der Waals surface area contributed by atoms with E-state index in [0.717, 1.165) is 12.3 Å². The number of allylic oxidation sites excluding steroid dienone is 1. The maximum Gasteiger partial charge on any atom is 0.113 e. The van der Waals surface area contributed by atoms with Crippen molar-refractivity contribution in [2.75, 3.05) is 13.1 Å². The summed E-state index contributed by atoms with van der Waals surface area (Å²) in [5.41, 5.74) is 0. The Morgan fingerprint density at radius 3 is 3.00 bits per heavy atom. The monoisotopic (exact) mass is 169 g/mol. The molecular formula is C10H19NO. The minimum Gasteiger partial charge on any atom is -0.492 e. The van der Waals surface area contributed by atoms with Crippen molar-refractivity contribution in [1.29, 1.82) is 0 Å². The zero-order valence-corrected chi connectivity index (χ0v) is 8.34. The predicted octanol–water partition coefficient (Wildman–Crippen LogP) is 2.37. The van der Waals surface area contributed by atoms with Gasteiger partial charge >= 0.3 is 0 Å². The Bertz CT molecular complexity index is 165. The molecule has 0 aromatic carbocycles. The second-order valence-corrected chi connectivity index (χ2v) is 3.52. The zero-order valence-electron chi connectivity index (χ0n) is 8.34. The topological polar surface area (TPSA) is 12.5 Å². The minimum atomic E-state index is 0.354. The molecular weight excluding hydrogens is 150 g/mol. The van der Waals surface area contributed by atoms with Gasteiger partial charge < -0.3 is 9.64 Å². The Morgan fingerprint density at radius 2 is 2.42 bits per heavy atom. The van der Waals surface area contributed by atoms with Crippen LogP contribution < -0.4 is 0 Å². The average Bonchev–Trinajstić information content (AvgIpc) is 1.99. The van der Waals surface area contributed by atoms with Crippen LogP contribution in [0.2, 0.25) is 0 Å². The Kier molecular flexibility index (Phi) is 3.45. The number of nitrogens with zero attached hydrogens (tertiary/aromatic N) is 1. The van der Waals surface area contributed by atoms with Gasteiger partial charge in [-0.15, -0.1) is 0 Å². The van der Waals surface area contributed by atoms with Crippen molar-refractivity contribution in [3.8, 4) is 0 Å². The van der Waals surface area contributed by atoms with Gasteiger partial charge in [0.1, 0.15) is 11.9 Å². The molecule has 2 heteroatoms. The van der Waals surface area contributed by atoms with Crippen molar-refractivity contribution in [3.63, 3.8) is 0 Å². The minimum absolute atomic E-state index is 0.354.